The van der Waals surface area contributed by atoms with Crippen LogP contribution in [-0.4, -0.2) is 25.9 Å². The lowest BCUT2D eigenvalue weighted by Gasteiger charge is -2.12. The van der Waals surface area contributed by atoms with E-state index < -0.39 is 6.10 Å². The third-order valence-electron chi connectivity index (χ3n) is 2.39. The second-order valence-corrected chi connectivity index (χ2v) is 3.95. The number of aliphatic hydroxyl groups excluding tert-OH is 1. The lowest BCUT2D eigenvalue weighted by molar-refractivity contribution is 0.136. The fraction of sp³-hybridized carbons (Fsp3) is 0.500. The average Bonchev–Trinajstić information content (AvgIpc) is 2.29. The summed E-state index contributed by atoms with van der Waals surface area (Å²) in [5.74, 6) is 0.620. The van der Waals surface area contributed by atoms with E-state index in [0.29, 0.717) is 23.8 Å². The molecule has 0 radical (unpaired) electrons. The summed E-state index contributed by atoms with van der Waals surface area (Å²) in [5, 5.41) is 10.4. The molecular formula is C12H17ClO3. The van der Waals surface area contributed by atoms with Crippen molar-refractivity contribution >= 4 is 11.6 Å². The molecule has 1 N–H and O–H groups in total. The van der Waals surface area contributed by atoms with Crippen molar-refractivity contribution < 1.29 is 14.6 Å². The lowest BCUT2D eigenvalue weighted by atomic mass is 10.1. The highest BCUT2D eigenvalue weighted by molar-refractivity contribution is 6.32. The second-order valence-electron chi connectivity index (χ2n) is 3.54. The molecular weight excluding hydrogens is 228 g/mol. The van der Waals surface area contributed by atoms with Crippen LogP contribution in [0.25, 0.3) is 0 Å². The van der Waals surface area contributed by atoms with Crippen LogP contribution >= 0.6 is 11.6 Å². The molecule has 0 heterocycles. The van der Waals surface area contributed by atoms with Crippen molar-refractivity contribution in [3.05, 3.63) is 28.8 Å². The van der Waals surface area contributed by atoms with Gasteiger partial charge in [0.1, 0.15) is 5.75 Å². The van der Waals surface area contributed by atoms with Crippen molar-refractivity contribution in [2.24, 2.45) is 0 Å². The maximum atomic E-state index is 9.88. The molecule has 1 unspecified atom stereocenters. The quantitative estimate of drug-likeness (QED) is 0.782. The van der Waals surface area contributed by atoms with E-state index in [1.165, 1.54) is 0 Å². The Bertz CT molecular complexity index is 328. The van der Waals surface area contributed by atoms with Crippen molar-refractivity contribution in [2.45, 2.75) is 18.9 Å². The van der Waals surface area contributed by atoms with Gasteiger partial charge in [0.05, 0.1) is 18.2 Å². The summed E-state index contributed by atoms with van der Waals surface area (Å²) in [6.07, 6.45) is 0.983. The Hall–Kier alpha value is -0.770. The van der Waals surface area contributed by atoms with Crippen LogP contribution in [0.3, 0.4) is 0 Å². The minimum atomic E-state index is -0.501. The molecule has 16 heavy (non-hydrogen) atoms. The maximum Gasteiger partial charge on any atom is 0.137 e. The summed E-state index contributed by atoms with van der Waals surface area (Å²) in [6, 6.07) is 5.32. The molecule has 90 valence electrons. The molecule has 0 aliphatic carbocycles. The van der Waals surface area contributed by atoms with Gasteiger partial charge in [-0.05, 0) is 30.5 Å². The van der Waals surface area contributed by atoms with E-state index in [9.17, 15) is 5.11 Å². The minimum Gasteiger partial charge on any atom is -0.495 e. The number of benzene rings is 1. The Balaban J connectivity index is 2.62. The first-order valence-corrected chi connectivity index (χ1v) is 5.57. The van der Waals surface area contributed by atoms with Gasteiger partial charge in [0, 0.05) is 13.7 Å². The van der Waals surface area contributed by atoms with Gasteiger partial charge in [-0.25, -0.2) is 0 Å². The fourth-order valence-corrected chi connectivity index (χ4v) is 1.74. The Kier molecular flexibility index (Phi) is 5.60. The average molecular weight is 245 g/mol. The van der Waals surface area contributed by atoms with E-state index in [1.807, 2.05) is 6.07 Å². The zero-order valence-corrected chi connectivity index (χ0v) is 10.3. The Labute approximate surface area is 101 Å². The predicted molar refractivity (Wildman–Crippen MR) is 64.1 cm³/mol. The fourth-order valence-electron chi connectivity index (χ4n) is 1.48. The second kappa shape index (κ2) is 6.74. The van der Waals surface area contributed by atoms with Gasteiger partial charge >= 0.3 is 0 Å². The molecule has 0 saturated carbocycles. The van der Waals surface area contributed by atoms with Crippen LogP contribution in [-0.2, 0) is 4.74 Å². The molecule has 0 saturated heterocycles. The molecule has 4 heteroatoms. The largest absolute Gasteiger partial charge is 0.495 e. The van der Waals surface area contributed by atoms with E-state index in [4.69, 9.17) is 21.1 Å². The van der Waals surface area contributed by atoms with Gasteiger partial charge in [-0.1, -0.05) is 17.7 Å². The van der Waals surface area contributed by atoms with E-state index in [-0.39, 0.29) is 0 Å². The van der Waals surface area contributed by atoms with Crippen LogP contribution in [0.2, 0.25) is 5.02 Å². The first kappa shape index (κ1) is 13.3. The molecule has 0 aliphatic heterocycles. The standard InChI is InChI=1S/C12H17ClO3/c1-15-7-3-4-11(14)9-5-6-12(16-2)10(13)8-9/h5-6,8,11,14H,3-4,7H2,1-2H3. The monoisotopic (exact) mass is 244 g/mol. The van der Waals surface area contributed by atoms with E-state index in [0.717, 1.165) is 12.0 Å². The topological polar surface area (TPSA) is 38.7 Å². The summed E-state index contributed by atoms with van der Waals surface area (Å²) in [6.45, 7) is 0.654. The van der Waals surface area contributed by atoms with Crippen LogP contribution in [0.4, 0.5) is 0 Å². The predicted octanol–water partition coefficient (Wildman–Crippen LogP) is 2.81. The zero-order chi connectivity index (χ0) is 12.0. The minimum absolute atomic E-state index is 0.501. The number of halogens is 1. The Morgan fingerprint density at radius 3 is 2.69 bits per heavy atom. The smallest absolute Gasteiger partial charge is 0.137 e. The molecule has 0 aliphatic rings. The summed E-state index contributed by atoms with van der Waals surface area (Å²) in [7, 11) is 3.21. The molecule has 0 bridgehead atoms. The SMILES string of the molecule is COCCCC(O)c1ccc(OC)c(Cl)c1. The molecule has 3 nitrogen and oxygen atoms in total. The zero-order valence-electron chi connectivity index (χ0n) is 9.57. The van der Waals surface area contributed by atoms with Gasteiger partial charge in [0.15, 0.2) is 0 Å². The number of ether oxygens (including phenoxy) is 2. The maximum absolute atomic E-state index is 9.88. The van der Waals surface area contributed by atoms with Crippen molar-refractivity contribution in [3.63, 3.8) is 0 Å². The molecule has 0 amide bonds. The number of methoxy groups -OCH3 is 2. The van der Waals surface area contributed by atoms with Gasteiger partial charge in [-0.15, -0.1) is 0 Å². The molecule has 0 spiro atoms. The van der Waals surface area contributed by atoms with Gasteiger partial charge in [-0.3, -0.25) is 0 Å². The molecule has 1 rings (SSSR count). The normalized spacial score (nSPS) is 12.5. The summed E-state index contributed by atoms with van der Waals surface area (Å²) < 4.78 is 9.98. The summed E-state index contributed by atoms with van der Waals surface area (Å²) in [4.78, 5) is 0. The van der Waals surface area contributed by atoms with E-state index in [1.54, 1.807) is 26.4 Å². The molecule has 1 atom stereocenters. The van der Waals surface area contributed by atoms with Gasteiger partial charge in [0.25, 0.3) is 0 Å². The molecule has 1 aromatic carbocycles. The lowest BCUT2D eigenvalue weighted by Crippen LogP contribution is -2.00. The summed E-state index contributed by atoms with van der Waals surface area (Å²) in [5.41, 5.74) is 0.807. The Morgan fingerprint density at radius 2 is 2.12 bits per heavy atom. The third kappa shape index (κ3) is 3.67. The highest BCUT2D eigenvalue weighted by Gasteiger charge is 2.09. The van der Waals surface area contributed by atoms with Gasteiger partial charge in [0.2, 0.25) is 0 Å². The third-order valence-corrected chi connectivity index (χ3v) is 2.68. The van der Waals surface area contributed by atoms with Crippen LogP contribution in [0.5, 0.6) is 5.75 Å². The van der Waals surface area contributed by atoms with Crippen molar-refractivity contribution in [1.82, 2.24) is 0 Å². The first-order chi connectivity index (χ1) is 7.69. The first-order valence-electron chi connectivity index (χ1n) is 5.19. The van der Waals surface area contributed by atoms with Crippen molar-refractivity contribution in [3.8, 4) is 5.75 Å². The highest BCUT2D eigenvalue weighted by Crippen LogP contribution is 2.28. The number of rotatable bonds is 6. The van der Waals surface area contributed by atoms with E-state index in [2.05, 4.69) is 0 Å². The number of hydrogen-bond donors (Lipinski definition) is 1. The van der Waals surface area contributed by atoms with Crippen LogP contribution in [0.1, 0.15) is 24.5 Å². The van der Waals surface area contributed by atoms with Crippen LogP contribution in [0.15, 0.2) is 18.2 Å². The van der Waals surface area contributed by atoms with Gasteiger partial charge in [-0.2, -0.15) is 0 Å². The Morgan fingerprint density at radius 1 is 1.38 bits per heavy atom. The summed E-state index contributed by atoms with van der Waals surface area (Å²) >= 11 is 5.97. The van der Waals surface area contributed by atoms with Crippen LogP contribution in [0, 0.1) is 0 Å². The number of aliphatic hydroxyl groups is 1. The van der Waals surface area contributed by atoms with E-state index >= 15 is 0 Å². The van der Waals surface area contributed by atoms with Crippen LogP contribution < -0.4 is 4.74 Å². The molecule has 0 aromatic heterocycles. The van der Waals surface area contributed by atoms with Crippen molar-refractivity contribution in [2.75, 3.05) is 20.8 Å². The highest BCUT2D eigenvalue weighted by atomic mass is 35.5. The van der Waals surface area contributed by atoms with Crippen molar-refractivity contribution in [1.29, 1.82) is 0 Å². The number of hydrogen-bond acceptors (Lipinski definition) is 3. The molecule has 0 fully saturated rings. The molecule has 1 aromatic rings. The van der Waals surface area contributed by atoms with Gasteiger partial charge < -0.3 is 14.6 Å².